The highest BCUT2D eigenvalue weighted by Crippen LogP contribution is 2.26. The van der Waals surface area contributed by atoms with Crippen molar-refractivity contribution in [3.63, 3.8) is 0 Å². The average molecular weight is 403 g/mol. The number of para-hydroxylation sites is 1. The molecular formula is C23H21N3O4. The first-order valence-electron chi connectivity index (χ1n) is 9.47. The summed E-state index contributed by atoms with van der Waals surface area (Å²) < 4.78 is 17.1. The summed E-state index contributed by atoms with van der Waals surface area (Å²) in [6, 6.07) is 23.7. The fourth-order valence-electron chi connectivity index (χ4n) is 3.08. The molecule has 0 bridgehead atoms. The molecule has 4 rings (SSSR count). The van der Waals surface area contributed by atoms with Crippen LogP contribution >= 0.6 is 0 Å². The van der Waals surface area contributed by atoms with Gasteiger partial charge in [0.25, 0.3) is 0 Å². The Bertz CT molecular complexity index is 1040. The lowest BCUT2D eigenvalue weighted by Crippen LogP contribution is -2.26. The van der Waals surface area contributed by atoms with E-state index in [1.54, 1.807) is 30.3 Å². The number of hydrogen-bond acceptors (Lipinski definition) is 5. The van der Waals surface area contributed by atoms with Crippen LogP contribution in [-0.2, 0) is 4.74 Å². The number of hydrogen-bond donors (Lipinski definition) is 2. The molecule has 1 aliphatic rings. The number of amides is 1. The van der Waals surface area contributed by atoms with Gasteiger partial charge in [-0.2, -0.15) is 0 Å². The molecule has 1 unspecified atom stereocenters. The van der Waals surface area contributed by atoms with Crippen molar-refractivity contribution in [2.45, 2.75) is 6.10 Å². The number of carbonyl (C=O) groups excluding carboxylic acids is 1. The molecule has 152 valence electrons. The number of nitrogens with two attached hydrogens (primary N) is 1. The molecule has 1 saturated heterocycles. The van der Waals surface area contributed by atoms with E-state index in [1.165, 1.54) is 4.90 Å². The highest BCUT2D eigenvalue weighted by atomic mass is 16.6. The van der Waals surface area contributed by atoms with E-state index in [4.69, 9.17) is 25.4 Å². The summed E-state index contributed by atoms with van der Waals surface area (Å²) in [5, 5.41) is 7.45. The van der Waals surface area contributed by atoms with Crippen molar-refractivity contribution < 1.29 is 19.0 Å². The van der Waals surface area contributed by atoms with E-state index in [0.717, 1.165) is 5.75 Å². The topological polar surface area (TPSA) is 97.9 Å². The van der Waals surface area contributed by atoms with Gasteiger partial charge >= 0.3 is 6.09 Å². The number of ether oxygens (including phenoxy) is 3. The predicted molar refractivity (Wildman–Crippen MR) is 114 cm³/mol. The molecule has 30 heavy (non-hydrogen) atoms. The zero-order valence-corrected chi connectivity index (χ0v) is 16.2. The van der Waals surface area contributed by atoms with E-state index >= 15 is 0 Å². The Kier molecular flexibility index (Phi) is 5.52. The Balaban J connectivity index is 1.35. The lowest BCUT2D eigenvalue weighted by atomic mass is 10.2. The molecular weight excluding hydrogens is 382 g/mol. The zero-order valence-electron chi connectivity index (χ0n) is 16.2. The number of carbonyl (C=O) groups is 1. The van der Waals surface area contributed by atoms with Crippen molar-refractivity contribution in [1.82, 2.24) is 0 Å². The van der Waals surface area contributed by atoms with E-state index in [1.807, 2.05) is 48.5 Å². The van der Waals surface area contributed by atoms with Crippen LogP contribution in [0.3, 0.4) is 0 Å². The monoisotopic (exact) mass is 403 g/mol. The van der Waals surface area contributed by atoms with Crippen LogP contribution in [0, 0.1) is 5.41 Å². The number of cyclic esters (lactones) is 1. The third-order valence-corrected chi connectivity index (χ3v) is 4.58. The molecule has 3 N–H and O–H groups in total. The number of benzene rings is 3. The lowest BCUT2D eigenvalue weighted by Gasteiger charge is -2.14. The second kappa shape index (κ2) is 8.57. The molecule has 3 aromatic rings. The van der Waals surface area contributed by atoms with Gasteiger partial charge in [0.05, 0.1) is 6.54 Å². The van der Waals surface area contributed by atoms with Gasteiger partial charge in [-0.25, -0.2) is 4.79 Å². The Morgan fingerprint density at radius 3 is 2.43 bits per heavy atom. The van der Waals surface area contributed by atoms with Crippen LogP contribution in [-0.4, -0.2) is 31.2 Å². The molecule has 0 aromatic heterocycles. The van der Waals surface area contributed by atoms with Crippen molar-refractivity contribution in [1.29, 1.82) is 5.41 Å². The molecule has 7 heteroatoms. The minimum atomic E-state index is -0.430. The third-order valence-electron chi connectivity index (χ3n) is 4.58. The molecule has 7 nitrogen and oxygen atoms in total. The van der Waals surface area contributed by atoms with Crippen LogP contribution in [0.1, 0.15) is 5.56 Å². The summed E-state index contributed by atoms with van der Waals surface area (Å²) >= 11 is 0. The quantitative estimate of drug-likeness (QED) is 0.456. The molecule has 1 heterocycles. The van der Waals surface area contributed by atoms with Gasteiger partial charge in [-0.1, -0.05) is 24.3 Å². The van der Waals surface area contributed by atoms with Crippen LogP contribution in [0.25, 0.3) is 0 Å². The first-order chi connectivity index (χ1) is 14.6. The third kappa shape index (κ3) is 4.52. The predicted octanol–water partition coefficient (Wildman–Crippen LogP) is 4.17. The SMILES string of the molecule is N=C(N)c1ccc(N2CC(COc3cccc(Oc4ccccc4)c3)OC2=O)cc1. The first kappa shape index (κ1) is 19.3. The lowest BCUT2D eigenvalue weighted by molar-refractivity contribution is 0.105. The maximum Gasteiger partial charge on any atom is 0.414 e. The van der Waals surface area contributed by atoms with Crippen LogP contribution in [0.2, 0.25) is 0 Å². The molecule has 1 aliphatic heterocycles. The molecule has 1 amide bonds. The Hall–Kier alpha value is -4.00. The fourth-order valence-corrected chi connectivity index (χ4v) is 3.08. The van der Waals surface area contributed by atoms with Gasteiger partial charge in [-0.05, 0) is 48.5 Å². The van der Waals surface area contributed by atoms with Crippen molar-refractivity contribution >= 4 is 17.6 Å². The van der Waals surface area contributed by atoms with Crippen LogP contribution in [0.15, 0.2) is 78.9 Å². The summed E-state index contributed by atoms with van der Waals surface area (Å²) in [5.74, 6) is 2.01. The van der Waals surface area contributed by atoms with Crippen molar-refractivity contribution in [2.75, 3.05) is 18.1 Å². The molecule has 1 atom stereocenters. The number of rotatable bonds is 7. The van der Waals surface area contributed by atoms with Crippen molar-refractivity contribution in [2.24, 2.45) is 5.73 Å². The van der Waals surface area contributed by atoms with Crippen molar-refractivity contribution in [3.05, 3.63) is 84.4 Å². The molecule has 0 radical (unpaired) electrons. The van der Waals surface area contributed by atoms with Crippen LogP contribution in [0.4, 0.5) is 10.5 Å². The van der Waals surface area contributed by atoms with Gasteiger partial charge in [0.15, 0.2) is 6.10 Å². The molecule has 0 aliphatic carbocycles. The summed E-state index contributed by atoms with van der Waals surface area (Å²) in [4.78, 5) is 13.8. The number of anilines is 1. The molecule has 1 fully saturated rings. The molecule has 0 saturated carbocycles. The summed E-state index contributed by atoms with van der Waals surface area (Å²) in [5.41, 5.74) is 6.75. The Morgan fingerprint density at radius 2 is 1.70 bits per heavy atom. The Morgan fingerprint density at radius 1 is 1.00 bits per heavy atom. The van der Waals surface area contributed by atoms with E-state index in [9.17, 15) is 4.79 Å². The maximum atomic E-state index is 12.2. The zero-order chi connectivity index (χ0) is 20.9. The number of nitrogens with zero attached hydrogens (tertiary/aromatic N) is 1. The smallest absolute Gasteiger partial charge is 0.414 e. The second-order valence-electron chi connectivity index (χ2n) is 6.78. The van der Waals surface area contributed by atoms with Gasteiger partial charge in [0.2, 0.25) is 0 Å². The number of nitrogens with one attached hydrogen (secondary N) is 1. The van der Waals surface area contributed by atoms with Gasteiger partial charge in [-0.3, -0.25) is 10.3 Å². The highest BCUT2D eigenvalue weighted by Gasteiger charge is 2.32. The van der Waals surface area contributed by atoms with Gasteiger partial charge in [0, 0.05) is 17.3 Å². The second-order valence-corrected chi connectivity index (χ2v) is 6.78. The van der Waals surface area contributed by atoms with E-state index < -0.39 is 12.2 Å². The van der Waals surface area contributed by atoms with E-state index in [2.05, 4.69) is 0 Å². The minimum absolute atomic E-state index is 0.0182. The van der Waals surface area contributed by atoms with Crippen LogP contribution in [0.5, 0.6) is 17.2 Å². The standard InChI is InChI=1S/C23H21N3O4/c24-22(25)16-9-11-17(12-10-16)26-14-21(30-23(26)27)15-28-19-7-4-8-20(13-19)29-18-5-2-1-3-6-18/h1-13,21H,14-15H2,(H3,24,25). The van der Waals surface area contributed by atoms with Gasteiger partial charge in [-0.15, -0.1) is 0 Å². The molecule has 0 spiro atoms. The summed E-state index contributed by atoms with van der Waals surface area (Å²) in [6.45, 7) is 0.598. The van der Waals surface area contributed by atoms with E-state index in [0.29, 0.717) is 29.3 Å². The minimum Gasteiger partial charge on any atom is -0.490 e. The highest BCUT2D eigenvalue weighted by molar-refractivity contribution is 5.96. The molecule has 3 aromatic carbocycles. The van der Waals surface area contributed by atoms with Crippen molar-refractivity contribution in [3.8, 4) is 17.2 Å². The fraction of sp³-hybridized carbons (Fsp3) is 0.130. The van der Waals surface area contributed by atoms with Gasteiger partial charge in [0.1, 0.15) is 29.7 Å². The number of nitrogen functional groups attached to an aromatic ring is 1. The maximum absolute atomic E-state index is 12.2. The summed E-state index contributed by atoms with van der Waals surface area (Å²) in [6.07, 6.45) is -0.830. The summed E-state index contributed by atoms with van der Waals surface area (Å²) in [7, 11) is 0. The van der Waals surface area contributed by atoms with Gasteiger partial charge < -0.3 is 19.9 Å². The van der Waals surface area contributed by atoms with E-state index in [-0.39, 0.29) is 12.4 Å². The normalized spacial score (nSPS) is 15.5. The first-order valence-corrected chi connectivity index (χ1v) is 9.47. The number of amidine groups is 1. The largest absolute Gasteiger partial charge is 0.490 e. The Labute approximate surface area is 174 Å². The average Bonchev–Trinajstić information content (AvgIpc) is 3.14. The van der Waals surface area contributed by atoms with Crippen LogP contribution < -0.4 is 20.1 Å².